The maximum atomic E-state index is 12.6. The molecule has 0 atom stereocenters. The Labute approximate surface area is 95.9 Å². The molecule has 1 heterocycles. The minimum Gasteiger partial charge on any atom is -0.486 e. The summed E-state index contributed by atoms with van der Waals surface area (Å²) < 4.78 is 35.8. The van der Waals surface area contributed by atoms with Gasteiger partial charge in [0.15, 0.2) is 11.5 Å². The molecule has 0 N–H and O–H groups in total. The summed E-state index contributed by atoms with van der Waals surface area (Å²) in [5, 5.41) is 0. The zero-order valence-corrected chi connectivity index (χ0v) is 8.78. The van der Waals surface area contributed by atoms with Crippen LogP contribution in [-0.4, -0.2) is 19.3 Å². The molecule has 0 saturated carbocycles. The van der Waals surface area contributed by atoms with Crippen molar-refractivity contribution in [1.29, 1.82) is 0 Å². The molecule has 0 unspecified atom stereocenters. The highest BCUT2D eigenvalue weighted by Gasteiger charge is 2.20. The molecule has 4 nitrogen and oxygen atoms in total. The molecule has 1 aromatic rings. The normalized spacial score (nSPS) is 13.4. The van der Waals surface area contributed by atoms with Crippen LogP contribution in [0.4, 0.5) is 8.78 Å². The Morgan fingerprint density at radius 1 is 1.35 bits per heavy atom. The van der Waals surface area contributed by atoms with Gasteiger partial charge in [-0.3, -0.25) is 0 Å². The van der Waals surface area contributed by atoms with Crippen molar-refractivity contribution in [1.82, 2.24) is 0 Å². The van der Waals surface area contributed by atoms with Gasteiger partial charge in [0.05, 0.1) is 6.54 Å². The van der Waals surface area contributed by atoms with E-state index in [0.29, 0.717) is 24.5 Å². The predicted octanol–water partition coefficient (Wildman–Crippen LogP) is 2.23. The van der Waals surface area contributed by atoms with Gasteiger partial charge in [-0.15, -0.1) is 0 Å². The first-order valence-corrected chi connectivity index (χ1v) is 4.96. The van der Waals surface area contributed by atoms with E-state index in [0.717, 1.165) is 0 Å². The van der Waals surface area contributed by atoms with E-state index in [2.05, 4.69) is 4.99 Å². The lowest BCUT2D eigenvalue weighted by Crippen LogP contribution is -2.17. The molecular weight excluding hydrogens is 232 g/mol. The molecule has 0 aromatic heterocycles. The van der Waals surface area contributed by atoms with Gasteiger partial charge in [0, 0.05) is 11.1 Å². The summed E-state index contributed by atoms with van der Waals surface area (Å²) in [6.45, 7) is 0.616. The Balaban J connectivity index is 2.45. The van der Waals surface area contributed by atoms with E-state index in [1.165, 1.54) is 18.2 Å². The molecule has 1 aromatic carbocycles. The Kier molecular flexibility index (Phi) is 3.35. The topological polar surface area (TPSA) is 47.9 Å². The van der Waals surface area contributed by atoms with E-state index in [9.17, 15) is 13.6 Å². The number of hydrogen-bond acceptors (Lipinski definition) is 4. The minimum atomic E-state index is -2.61. The van der Waals surface area contributed by atoms with Crippen molar-refractivity contribution in [3.8, 4) is 11.5 Å². The average Bonchev–Trinajstić information content (AvgIpc) is 2.35. The highest BCUT2D eigenvalue weighted by molar-refractivity contribution is 5.51. The molecular formula is C11H9F2NO3. The largest absolute Gasteiger partial charge is 0.486 e. The number of benzene rings is 1. The van der Waals surface area contributed by atoms with E-state index in [4.69, 9.17) is 9.47 Å². The van der Waals surface area contributed by atoms with E-state index < -0.39 is 6.43 Å². The van der Waals surface area contributed by atoms with Crippen molar-refractivity contribution in [2.75, 3.05) is 13.2 Å². The summed E-state index contributed by atoms with van der Waals surface area (Å²) in [5.74, 6) is 0.643. The minimum absolute atomic E-state index is 0.0459. The van der Waals surface area contributed by atoms with Gasteiger partial charge in [-0.1, -0.05) is 0 Å². The molecule has 1 aliphatic heterocycles. The maximum Gasteiger partial charge on any atom is 0.263 e. The van der Waals surface area contributed by atoms with Crippen LogP contribution in [-0.2, 0) is 11.3 Å². The number of carbonyl (C=O) groups excluding carboxylic acids is 1. The van der Waals surface area contributed by atoms with Crippen LogP contribution in [0.2, 0.25) is 0 Å². The highest BCUT2D eigenvalue weighted by atomic mass is 19.3. The van der Waals surface area contributed by atoms with Crippen molar-refractivity contribution in [2.24, 2.45) is 4.99 Å². The zero-order valence-electron chi connectivity index (χ0n) is 8.78. The summed E-state index contributed by atoms with van der Waals surface area (Å²) in [7, 11) is 0. The molecule has 0 spiro atoms. The number of alkyl halides is 2. The number of ether oxygens (including phenoxy) is 2. The summed E-state index contributed by atoms with van der Waals surface area (Å²) in [6, 6.07) is 2.51. The molecule has 90 valence electrons. The van der Waals surface area contributed by atoms with E-state index >= 15 is 0 Å². The third kappa shape index (κ3) is 2.42. The van der Waals surface area contributed by atoms with Crippen molar-refractivity contribution in [3.05, 3.63) is 23.3 Å². The first-order chi connectivity index (χ1) is 8.22. The van der Waals surface area contributed by atoms with Gasteiger partial charge in [0.1, 0.15) is 13.2 Å². The summed E-state index contributed by atoms with van der Waals surface area (Å²) in [4.78, 5) is 13.4. The first kappa shape index (κ1) is 11.5. The van der Waals surface area contributed by atoms with Gasteiger partial charge in [0.25, 0.3) is 6.43 Å². The fraction of sp³-hybridized carbons (Fsp3) is 0.364. The second kappa shape index (κ2) is 4.93. The van der Waals surface area contributed by atoms with Gasteiger partial charge < -0.3 is 9.47 Å². The molecule has 0 fully saturated rings. The van der Waals surface area contributed by atoms with Crippen LogP contribution in [0.5, 0.6) is 11.5 Å². The van der Waals surface area contributed by atoms with Crippen molar-refractivity contribution >= 4 is 6.08 Å². The highest BCUT2D eigenvalue weighted by Crippen LogP contribution is 2.38. The van der Waals surface area contributed by atoms with Crippen LogP contribution < -0.4 is 9.47 Å². The van der Waals surface area contributed by atoms with Gasteiger partial charge in [-0.25, -0.2) is 18.6 Å². The third-order valence-corrected chi connectivity index (χ3v) is 2.31. The van der Waals surface area contributed by atoms with Crippen molar-refractivity contribution in [2.45, 2.75) is 13.0 Å². The molecule has 0 amide bonds. The third-order valence-electron chi connectivity index (χ3n) is 2.31. The Morgan fingerprint density at radius 3 is 2.82 bits per heavy atom. The van der Waals surface area contributed by atoms with Crippen LogP contribution in [0, 0.1) is 0 Å². The number of fused-ring (bicyclic) bond motifs is 1. The lowest BCUT2D eigenvalue weighted by Gasteiger charge is -2.21. The lowest BCUT2D eigenvalue weighted by atomic mass is 10.1. The fourth-order valence-electron chi connectivity index (χ4n) is 1.61. The summed E-state index contributed by atoms with van der Waals surface area (Å²) in [5.41, 5.74) is 0.228. The van der Waals surface area contributed by atoms with Crippen LogP contribution in [0.3, 0.4) is 0 Å². The Bertz CT molecular complexity index is 470. The van der Waals surface area contributed by atoms with Gasteiger partial charge in [-0.2, -0.15) is 0 Å². The Hall–Kier alpha value is -1.94. The second-order valence-electron chi connectivity index (χ2n) is 3.41. The maximum absolute atomic E-state index is 12.6. The van der Waals surface area contributed by atoms with Gasteiger partial charge >= 0.3 is 0 Å². The summed E-state index contributed by atoms with van der Waals surface area (Å²) in [6.07, 6.45) is -1.24. The lowest BCUT2D eigenvalue weighted by molar-refractivity contribution is 0.146. The van der Waals surface area contributed by atoms with E-state index in [1.807, 2.05) is 0 Å². The van der Waals surface area contributed by atoms with Gasteiger partial charge in [0.2, 0.25) is 6.08 Å². The first-order valence-electron chi connectivity index (χ1n) is 4.96. The number of isocyanates is 1. The molecule has 6 heteroatoms. The molecule has 2 rings (SSSR count). The van der Waals surface area contributed by atoms with Crippen molar-refractivity contribution < 1.29 is 23.0 Å². The number of hydrogen-bond donors (Lipinski definition) is 0. The van der Waals surface area contributed by atoms with E-state index in [-0.39, 0.29) is 17.9 Å². The fourth-order valence-corrected chi connectivity index (χ4v) is 1.61. The number of nitrogens with zero attached hydrogens (tertiary/aromatic N) is 1. The predicted molar refractivity (Wildman–Crippen MR) is 54.2 cm³/mol. The number of rotatable bonds is 3. The molecule has 0 radical (unpaired) electrons. The van der Waals surface area contributed by atoms with Crippen molar-refractivity contribution in [3.63, 3.8) is 0 Å². The molecule has 1 aliphatic rings. The van der Waals surface area contributed by atoms with Crippen LogP contribution in [0.1, 0.15) is 17.6 Å². The van der Waals surface area contributed by atoms with E-state index in [1.54, 1.807) is 0 Å². The molecule has 0 bridgehead atoms. The smallest absolute Gasteiger partial charge is 0.263 e. The monoisotopic (exact) mass is 241 g/mol. The molecule has 0 aliphatic carbocycles. The standard InChI is InChI=1S/C11H9F2NO3/c12-11(13)7-3-8(5-14-6-15)10-9(4-7)16-1-2-17-10/h3-4,11H,1-2,5H2. The number of halogens is 2. The number of aliphatic imine (C=N–C) groups is 1. The van der Waals surface area contributed by atoms with Gasteiger partial charge in [-0.05, 0) is 12.1 Å². The van der Waals surface area contributed by atoms with Crippen LogP contribution in [0.25, 0.3) is 0 Å². The average molecular weight is 241 g/mol. The zero-order chi connectivity index (χ0) is 12.3. The molecule has 0 saturated heterocycles. The summed E-state index contributed by atoms with van der Waals surface area (Å²) >= 11 is 0. The molecule has 17 heavy (non-hydrogen) atoms. The van der Waals surface area contributed by atoms with Crippen LogP contribution in [0.15, 0.2) is 17.1 Å². The van der Waals surface area contributed by atoms with Crippen LogP contribution >= 0.6 is 0 Å². The second-order valence-corrected chi connectivity index (χ2v) is 3.41. The SMILES string of the molecule is O=C=NCc1cc(C(F)F)cc2c1OCCO2. The Morgan fingerprint density at radius 2 is 2.12 bits per heavy atom. The quantitative estimate of drug-likeness (QED) is 0.602.